The standard InChI is InChI=1S/C16H21N5O/c1-11-13(17)8-9-21(11)16(22)19-14-10-18-20(2)15(14)12-6-4-3-5-7-12/h3-7,10-11,13H,8-9,17H2,1-2H3,(H,19,22)/t11-,13-/m0/s1. The van der Waals surface area contributed by atoms with Crippen molar-refractivity contribution in [1.82, 2.24) is 14.7 Å². The smallest absolute Gasteiger partial charge is 0.322 e. The van der Waals surface area contributed by atoms with Crippen LogP contribution in [0.4, 0.5) is 10.5 Å². The van der Waals surface area contributed by atoms with Crippen LogP contribution in [0.25, 0.3) is 11.3 Å². The average Bonchev–Trinajstić information content (AvgIpc) is 3.04. The van der Waals surface area contributed by atoms with E-state index >= 15 is 0 Å². The highest BCUT2D eigenvalue weighted by Crippen LogP contribution is 2.28. The molecule has 0 radical (unpaired) electrons. The van der Waals surface area contributed by atoms with Crippen molar-refractivity contribution in [3.63, 3.8) is 0 Å². The highest BCUT2D eigenvalue weighted by molar-refractivity contribution is 5.93. The molecular weight excluding hydrogens is 278 g/mol. The predicted octanol–water partition coefficient (Wildman–Crippen LogP) is 2.04. The lowest BCUT2D eigenvalue weighted by atomic mass is 10.1. The van der Waals surface area contributed by atoms with Gasteiger partial charge in [0.15, 0.2) is 0 Å². The number of likely N-dealkylation sites (tertiary alicyclic amines) is 1. The predicted molar refractivity (Wildman–Crippen MR) is 86.4 cm³/mol. The van der Waals surface area contributed by atoms with Crippen molar-refractivity contribution in [2.45, 2.75) is 25.4 Å². The van der Waals surface area contributed by atoms with Crippen molar-refractivity contribution in [3.05, 3.63) is 36.5 Å². The number of anilines is 1. The van der Waals surface area contributed by atoms with Gasteiger partial charge in [-0.25, -0.2) is 4.79 Å². The zero-order valence-electron chi connectivity index (χ0n) is 12.9. The van der Waals surface area contributed by atoms with Crippen molar-refractivity contribution < 1.29 is 4.79 Å². The monoisotopic (exact) mass is 299 g/mol. The minimum atomic E-state index is -0.120. The van der Waals surface area contributed by atoms with E-state index in [1.54, 1.807) is 15.8 Å². The molecule has 2 heterocycles. The molecule has 0 saturated carbocycles. The Morgan fingerprint density at radius 1 is 1.36 bits per heavy atom. The maximum Gasteiger partial charge on any atom is 0.322 e. The Labute approximate surface area is 129 Å². The molecule has 1 fully saturated rings. The molecule has 0 aliphatic carbocycles. The zero-order valence-corrected chi connectivity index (χ0v) is 12.9. The third kappa shape index (κ3) is 2.57. The van der Waals surface area contributed by atoms with Gasteiger partial charge in [0.2, 0.25) is 0 Å². The Morgan fingerprint density at radius 2 is 2.09 bits per heavy atom. The molecule has 1 aromatic heterocycles. The van der Waals surface area contributed by atoms with Gasteiger partial charge < -0.3 is 16.0 Å². The van der Waals surface area contributed by atoms with Gasteiger partial charge in [0.25, 0.3) is 0 Å². The number of nitrogens with two attached hydrogens (primary N) is 1. The first-order valence-electron chi connectivity index (χ1n) is 7.48. The number of hydrogen-bond donors (Lipinski definition) is 2. The molecule has 6 heteroatoms. The molecule has 0 unspecified atom stereocenters. The van der Waals surface area contributed by atoms with Crippen LogP contribution in [0, 0.1) is 0 Å². The van der Waals surface area contributed by atoms with Crippen LogP contribution in [0.15, 0.2) is 36.5 Å². The number of hydrogen-bond acceptors (Lipinski definition) is 3. The normalized spacial score (nSPS) is 21.1. The number of amides is 2. The third-order valence-corrected chi connectivity index (χ3v) is 4.30. The van der Waals surface area contributed by atoms with Gasteiger partial charge in [-0.2, -0.15) is 5.10 Å². The number of urea groups is 1. The van der Waals surface area contributed by atoms with Gasteiger partial charge in [0.05, 0.1) is 17.6 Å². The molecule has 2 atom stereocenters. The molecule has 0 spiro atoms. The second kappa shape index (κ2) is 5.81. The summed E-state index contributed by atoms with van der Waals surface area (Å²) in [6.45, 7) is 2.67. The number of nitrogens with zero attached hydrogens (tertiary/aromatic N) is 3. The highest BCUT2D eigenvalue weighted by atomic mass is 16.2. The zero-order chi connectivity index (χ0) is 15.7. The van der Waals surface area contributed by atoms with Crippen molar-refractivity contribution >= 4 is 11.7 Å². The molecule has 1 saturated heterocycles. The summed E-state index contributed by atoms with van der Waals surface area (Å²) in [5.74, 6) is 0. The summed E-state index contributed by atoms with van der Waals surface area (Å²) >= 11 is 0. The highest BCUT2D eigenvalue weighted by Gasteiger charge is 2.31. The first-order chi connectivity index (χ1) is 10.6. The quantitative estimate of drug-likeness (QED) is 0.891. The summed E-state index contributed by atoms with van der Waals surface area (Å²) in [6, 6.07) is 9.88. The van der Waals surface area contributed by atoms with Gasteiger partial charge in [-0.1, -0.05) is 30.3 Å². The third-order valence-electron chi connectivity index (χ3n) is 4.30. The largest absolute Gasteiger partial charge is 0.326 e. The maximum atomic E-state index is 12.5. The van der Waals surface area contributed by atoms with E-state index in [0.29, 0.717) is 12.2 Å². The minimum absolute atomic E-state index is 0.0493. The Balaban J connectivity index is 1.84. The molecule has 2 amide bonds. The van der Waals surface area contributed by atoms with E-state index in [2.05, 4.69) is 10.4 Å². The van der Waals surface area contributed by atoms with Gasteiger partial charge in [-0.15, -0.1) is 0 Å². The Kier molecular flexibility index (Phi) is 3.85. The van der Waals surface area contributed by atoms with Crippen LogP contribution in [0.1, 0.15) is 13.3 Å². The van der Waals surface area contributed by atoms with E-state index in [-0.39, 0.29) is 18.1 Å². The number of carbonyl (C=O) groups is 1. The van der Waals surface area contributed by atoms with Gasteiger partial charge in [-0.05, 0) is 13.3 Å². The lowest BCUT2D eigenvalue weighted by Crippen LogP contribution is -2.42. The van der Waals surface area contributed by atoms with E-state index in [4.69, 9.17) is 5.73 Å². The van der Waals surface area contributed by atoms with E-state index in [1.165, 1.54) is 0 Å². The summed E-state index contributed by atoms with van der Waals surface area (Å²) in [5, 5.41) is 7.24. The van der Waals surface area contributed by atoms with Crippen LogP contribution in [0.5, 0.6) is 0 Å². The summed E-state index contributed by atoms with van der Waals surface area (Å²) in [5.41, 5.74) is 8.61. The number of carbonyl (C=O) groups excluding carboxylic acids is 1. The number of aromatic nitrogens is 2. The summed E-state index contributed by atoms with van der Waals surface area (Å²) in [6.07, 6.45) is 2.52. The lowest BCUT2D eigenvalue weighted by Gasteiger charge is -2.23. The van der Waals surface area contributed by atoms with Gasteiger partial charge in [-0.3, -0.25) is 4.68 Å². The number of rotatable bonds is 2. The van der Waals surface area contributed by atoms with Crippen molar-refractivity contribution in [2.75, 3.05) is 11.9 Å². The summed E-state index contributed by atoms with van der Waals surface area (Å²) in [7, 11) is 1.87. The Hall–Kier alpha value is -2.34. The van der Waals surface area contributed by atoms with Crippen LogP contribution in [0.3, 0.4) is 0 Å². The average molecular weight is 299 g/mol. The first kappa shape index (κ1) is 14.6. The second-order valence-electron chi connectivity index (χ2n) is 5.71. The van der Waals surface area contributed by atoms with Crippen LogP contribution < -0.4 is 11.1 Å². The fraction of sp³-hybridized carbons (Fsp3) is 0.375. The molecule has 2 aromatic rings. The van der Waals surface area contributed by atoms with Crippen LogP contribution in [-0.4, -0.2) is 39.3 Å². The van der Waals surface area contributed by atoms with Crippen LogP contribution in [-0.2, 0) is 7.05 Å². The molecule has 3 rings (SSSR count). The topological polar surface area (TPSA) is 76.2 Å². The molecule has 3 N–H and O–H groups in total. The Bertz CT molecular complexity index is 666. The van der Waals surface area contributed by atoms with E-state index in [1.807, 2.05) is 44.3 Å². The molecule has 6 nitrogen and oxygen atoms in total. The maximum absolute atomic E-state index is 12.5. The van der Waals surface area contributed by atoms with Crippen molar-refractivity contribution in [2.24, 2.45) is 12.8 Å². The lowest BCUT2D eigenvalue weighted by molar-refractivity contribution is 0.208. The Morgan fingerprint density at radius 3 is 2.73 bits per heavy atom. The number of aryl methyl sites for hydroxylation is 1. The van der Waals surface area contributed by atoms with Crippen molar-refractivity contribution in [3.8, 4) is 11.3 Å². The fourth-order valence-electron chi connectivity index (χ4n) is 2.90. The number of benzene rings is 1. The molecule has 1 aliphatic rings. The molecule has 22 heavy (non-hydrogen) atoms. The number of nitrogens with one attached hydrogen (secondary N) is 1. The fourth-order valence-corrected chi connectivity index (χ4v) is 2.90. The second-order valence-corrected chi connectivity index (χ2v) is 5.71. The van der Waals surface area contributed by atoms with Crippen molar-refractivity contribution in [1.29, 1.82) is 0 Å². The minimum Gasteiger partial charge on any atom is -0.326 e. The van der Waals surface area contributed by atoms with Gasteiger partial charge in [0.1, 0.15) is 0 Å². The SMILES string of the molecule is C[C@H]1[C@@H](N)CCN1C(=O)Nc1cnn(C)c1-c1ccccc1. The summed E-state index contributed by atoms with van der Waals surface area (Å²) < 4.78 is 1.77. The van der Waals surface area contributed by atoms with E-state index in [0.717, 1.165) is 17.7 Å². The molecule has 116 valence electrons. The first-order valence-corrected chi connectivity index (χ1v) is 7.48. The molecule has 1 aromatic carbocycles. The van der Waals surface area contributed by atoms with Gasteiger partial charge >= 0.3 is 6.03 Å². The van der Waals surface area contributed by atoms with E-state index in [9.17, 15) is 4.79 Å². The molecular formula is C16H21N5O. The van der Waals surface area contributed by atoms with Gasteiger partial charge in [0, 0.05) is 31.2 Å². The molecule has 0 bridgehead atoms. The van der Waals surface area contributed by atoms with Crippen LogP contribution in [0.2, 0.25) is 0 Å². The van der Waals surface area contributed by atoms with E-state index < -0.39 is 0 Å². The van der Waals surface area contributed by atoms with Crippen LogP contribution >= 0.6 is 0 Å². The molecule has 1 aliphatic heterocycles. The summed E-state index contributed by atoms with van der Waals surface area (Å²) in [4.78, 5) is 14.3.